The molecular weight excluding hydrogens is 516 g/mol. The standard InChI is InChI=1S/C43H46/c1-8-34-15-9-12-19-40-39-18-11-10-16-35(39)22-23-41(40)43(34)42-28-37(38-26-31(5)24-32(6)27-38)21-20-36(42)17-13-14-30(4)25-33(7)29(2)3/h10-14,16-29H,8-9,15H2,1-7H3. The first-order valence-electron chi connectivity index (χ1n) is 15.9. The average molecular weight is 563 g/mol. The van der Waals surface area contributed by atoms with Gasteiger partial charge in [-0.15, -0.1) is 0 Å². The first kappa shape index (κ1) is 30.3. The first-order chi connectivity index (χ1) is 20.7. The highest BCUT2D eigenvalue weighted by atomic mass is 14.2. The van der Waals surface area contributed by atoms with E-state index in [1.165, 1.54) is 77.6 Å². The van der Waals surface area contributed by atoms with E-state index >= 15 is 0 Å². The van der Waals surface area contributed by atoms with Crippen LogP contribution in [-0.2, 0) is 0 Å². The van der Waals surface area contributed by atoms with Crippen molar-refractivity contribution in [2.75, 3.05) is 0 Å². The van der Waals surface area contributed by atoms with Gasteiger partial charge >= 0.3 is 0 Å². The zero-order valence-corrected chi connectivity index (χ0v) is 27.1. The molecule has 0 heteroatoms. The van der Waals surface area contributed by atoms with Gasteiger partial charge < -0.3 is 0 Å². The van der Waals surface area contributed by atoms with E-state index in [1.54, 1.807) is 0 Å². The number of allylic oxidation sites excluding steroid dienone is 7. The molecular formula is C43H46. The van der Waals surface area contributed by atoms with E-state index in [1.807, 2.05) is 0 Å². The molecule has 0 atom stereocenters. The molecule has 0 unspecified atom stereocenters. The quantitative estimate of drug-likeness (QED) is 0.197. The number of benzene rings is 4. The number of hydrogen-bond donors (Lipinski definition) is 0. The minimum absolute atomic E-state index is 0.556. The van der Waals surface area contributed by atoms with Crippen molar-refractivity contribution in [1.29, 1.82) is 0 Å². The van der Waals surface area contributed by atoms with E-state index in [2.05, 4.69) is 158 Å². The molecule has 1 aliphatic rings. The third kappa shape index (κ3) is 6.91. The number of fused-ring (bicyclic) bond motifs is 3. The molecule has 0 spiro atoms. The van der Waals surface area contributed by atoms with Gasteiger partial charge in [-0.2, -0.15) is 0 Å². The lowest BCUT2D eigenvalue weighted by Gasteiger charge is -2.23. The second-order valence-electron chi connectivity index (χ2n) is 12.5. The van der Waals surface area contributed by atoms with E-state index in [-0.39, 0.29) is 0 Å². The van der Waals surface area contributed by atoms with Crippen molar-refractivity contribution in [3.63, 3.8) is 0 Å². The highest BCUT2D eigenvalue weighted by Crippen LogP contribution is 2.41. The highest BCUT2D eigenvalue weighted by Gasteiger charge is 2.20. The summed E-state index contributed by atoms with van der Waals surface area (Å²) in [7, 11) is 0. The number of aryl methyl sites for hydroxylation is 2. The van der Waals surface area contributed by atoms with Crippen molar-refractivity contribution < 1.29 is 0 Å². The molecule has 0 aliphatic heterocycles. The van der Waals surface area contributed by atoms with Crippen molar-refractivity contribution in [3.05, 3.63) is 147 Å². The fourth-order valence-corrected chi connectivity index (χ4v) is 6.27. The summed E-state index contributed by atoms with van der Waals surface area (Å²) in [6.45, 7) is 15.6. The zero-order valence-electron chi connectivity index (χ0n) is 27.1. The summed E-state index contributed by atoms with van der Waals surface area (Å²) < 4.78 is 0. The minimum Gasteiger partial charge on any atom is -0.0836 e. The van der Waals surface area contributed by atoms with Crippen LogP contribution in [0.15, 0.2) is 114 Å². The molecule has 5 rings (SSSR count). The fourth-order valence-electron chi connectivity index (χ4n) is 6.27. The molecule has 0 bridgehead atoms. The van der Waals surface area contributed by atoms with Gasteiger partial charge in [0, 0.05) is 0 Å². The van der Waals surface area contributed by atoms with Gasteiger partial charge in [0.2, 0.25) is 0 Å². The molecule has 0 nitrogen and oxygen atoms in total. The van der Waals surface area contributed by atoms with Crippen LogP contribution in [0.4, 0.5) is 0 Å². The van der Waals surface area contributed by atoms with Crippen LogP contribution < -0.4 is 0 Å². The van der Waals surface area contributed by atoms with Gasteiger partial charge in [0.25, 0.3) is 0 Å². The normalized spacial score (nSPS) is 14.5. The third-order valence-corrected chi connectivity index (χ3v) is 8.80. The second-order valence-corrected chi connectivity index (χ2v) is 12.5. The molecule has 43 heavy (non-hydrogen) atoms. The molecule has 1 aliphatic carbocycles. The molecule has 0 N–H and O–H groups in total. The Kier molecular flexibility index (Phi) is 9.46. The Morgan fingerprint density at radius 1 is 0.837 bits per heavy atom. The Labute approximate surface area is 259 Å². The zero-order chi connectivity index (χ0) is 30.5. The van der Waals surface area contributed by atoms with Crippen molar-refractivity contribution in [1.82, 2.24) is 0 Å². The van der Waals surface area contributed by atoms with Gasteiger partial charge in [0.05, 0.1) is 0 Å². The van der Waals surface area contributed by atoms with Gasteiger partial charge in [0.1, 0.15) is 0 Å². The van der Waals surface area contributed by atoms with E-state index in [9.17, 15) is 0 Å². The maximum absolute atomic E-state index is 2.45. The van der Waals surface area contributed by atoms with E-state index in [0.29, 0.717) is 5.92 Å². The van der Waals surface area contributed by atoms with Crippen LogP contribution in [0.1, 0.15) is 87.3 Å². The van der Waals surface area contributed by atoms with Crippen molar-refractivity contribution in [3.8, 4) is 11.1 Å². The van der Waals surface area contributed by atoms with Gasteiger partial charge in [-0.3, -0.25) is 0 Å². The molecule has 0 aromatic heterocycles. The Balaban J connectivity index is 1.75. The summed E-state index contributed by atoms with van der Waals surface area (Å²) in [4.78, 5) is 0. The number of rotatable bonds is 7. The Morgan fingerprint density at radius 3 is 2.35 bits per heavy atom. The first-order valence-corrected chi connectivity index (χ1v) is 15.9. The van der Waals surface area contributed by atoms with Crippen LogP contribution in [0.3, 0.4) is 0 Å². The molecule has 0 saturated carbocycles. The topological polar surface area (TPSA) is 0 Å². The van der Waals surface area contributed by atoms with Gasteiger partial charge in [0.15, 0.2) is 0 Å². The smallest absolute Gasteiger partial charge is 0.00993 e. The van der Waals surface area contributed by atoms with Crippen molar-refractivity contribution in [2.24, 2.45) is 5.92 Å². The van der Waals surface area contributed by atoms with Crippen LogP contribution in [0, 0.1) is 19.8 Å². The van der Waals surface area contributed by atoms with Crippen molar-refractivity contribution in [2.45, 2.75) is 67.7 Å². The molecule has 0 fully saturated rings. The lowest BCUT2D eigenvalue weighted by Crippen LogP contribution is -2.02. The molecule has 4 aromatic carbocycles. The molecule has 0 saturated heterocycles. The molecule has 4 aromatic rings. The molecule has 218 valence electrons. The molecule has 0 amide bonds. The van der Waals surface area contributed by atoms with Gasteiger partial charge in [-0.05, 0) is 109 Å². The maximum Gasteiger partial charge on any atom is -0.00993 e. The summed E-state index contributed by atoms with van der Waals surface area (Å²) >= 11 is 0. The lowest BCUT2D eigenvalue weighted by atomic mass is 9.81. The Hall–Kier alpha value is -4.16. The maximum atomic E-state index is 2.45. The predicted molar refractivity (Wildman–Crippen MR) is 191 cm³/mol. The van der Waals surface area contributed by atoms with Crippen LogP contribution in [-0.4, -0.2) is 0 Å². The van der Waals surface area contributed by atoms with Crippen LogP contribution in [0.25, 0.3) is 39.6 Å². The summed E-state index contributed by atoms with van der Waals surface area (Å²) in [5, 5.41) is 2.61. The average Bonchev–Trinajstić information content (AvgIpc) is 2.97. The summed E-state index contributed by atoms with van der Waals surface area (Å²) in [5.41, 5.74) is 16.0. The fraction of sp³-hybridized carbons (Fsp3) is 0.256. The largest absolute Gasteiger partial charge is 0.0836 e. The van der Waals surface area contributed by atoms with Crippen LogP contribution in [0.5, 0.6) is 0 Å². The monoisotopic (exact) mass is 562 g/mol. The van der Waals surface area contributed by atoms with E-state index in [0.717, 1.165) is 19.3 Å². The second kappa shape index (κ2) is 13.4. The lowest BCUT2D eigenvalue weighted by molar-refractivity contribution is 0.768. The van der Waals surface area contributed by atoms with Crippen molar-refractivity contribution >= 4 is 28.5 Å². The van der Waals surface area contributed by atoms with E-state index in [4.69, 9.17) is 0 Å². The molecule has 0 radical (unpaired) electrons. The van der Waals surface area contributed by atoms with Crippen LogP contribution in [0.2, 0.25) is 0 Å². The highest BCUT2D eigenvalue weighted by molar-refractivity contribution is 6.00. The summed E-state index contributed by atoms with van der Waals surface area (Å²) in [6, 6.07) is 27.4. The minimum atomic E-state index is 0.556. The Bertz CT molecular complexity index is 1780. The van der Waals surface area contributed by atoms with Gasteiger partial charge in [-0.25, -0.2) is 0 Å². The molecule has 0 heterocycles. The predicted octanol–water partition coefficient (Wildman–Crippen LogP) is 12.7. The van der Waals surface area contributed by atoms with E-state index < -0.39 is 0 Å². The van der Waals surface area contributed by atoms with Crippen LogP contribution >= 0.6 is 0 Å². The summed E-state index contributed by atoms with van der Waals surface area (Å²) in [6.07, 6.45) is 17.0. The summed E-state index contributed by atoms with van der Waals surface area (Å²) in [5.74, 6) is 0.556. The third-order valence-electron chi connectivity index (χ3n) is 8.80. The SMILES string of the molecule is CCC1=C(c2cc(-c3cc(C)cc(C)c3)ccc2C=CC=C(C)C=C(C)C(C)C)c2ccc3ccccc3c2C=CCC1. The van der Waals surface area contributed by atoms with Gasteiger partial charge in [-0.1, -0.05) is 152 Å². The number of hydrogen-bond acceptors (Lipinski definition) is 0. The Morgan fingerprint density at radius 2 is 1.60 bits per heavy atom.